The van der Waals surface area contributed by atoms with Gasteiger partial charge < -0.3 is 39.1 Å². The van der Waals surface area contributed by atoms with E-state index in [1.54, 1.807) is 19.9 Å². The number of carbonyl (C=O) groups excluding carboxylic acids is 4. The Morgan fingerprint density at radius 1 is 1.27 bits per heavy atom. The number of rotatable bonds is 8. The van der Waals surface area contributed by atoms with E-state index in [-0.39, 0.29) is 24.0 Å². The Kier molecular flexibility index (Phi) is 7.92. The molecule has 4 aliphatic rings. The van der Waals surface area contributed by atoms with E-state index in [1.165, 1.54) is 38.5 Å². The summed E-state index contributed by atoms with van der Waals surface area (Å²) < 4.78 is 22.1. The summed E-state index contributed by atoms with van der Waals surface area (Å²) in [6, 6.07) is 1.61. The highest BCUT2D eigenvalue weighted by atomic mass is 16.6. The van der Waals surface area contributed by atoms with E-state index in [9.17, 15) is 39.6 Å². The molecule has 11 atom stereocenters. The molecular weight excluding hydrogens is 576 g/mol. The van der Waals surface area contributed by atoms with E-state index in [4.69, 9.17) is 18.6 Å². The number of furan rings is 1. The molecule has 0 radical (unpaired) electrons. The highest BCUT2D eigenvalue weighted by Gasteiger charge is 2.75. The van der Waals surface area contributed by atoms with E-state index in [0.717, 1.165) is 0 Å². The summed E-state index contributed by atoms with van der Waals surface area (Å²) in [7, 11) is 0. The lowest BCUT2D eigenvalue weighted by atomic mass is 9.50. The van der Waals surface area contributed by atoms with Crippen molar-refractivity contribution >= 4 is 24.2 Å². The van der Waals surface area contributed by atoms with Crippen LogP contribution in [0.1, 0.15) is 52.0 Å². The number of ether oxygens (including phenoxy) is 3. The number of ketones is 1. The first kappa shape index (κ1) is 31.7. The topological polar surface area (TPSA) is 190 Å². The fourth-order valence-corrected chi connectivity index (χ4v) is 7.86. The molecule has 12 heteroatoms. The van der Waals surface area contributed by atoms with Crippen LogP contribution in [0.3, 0.4) is 0 Å². The molecule has 12 nitrogen and oxygen atoms in total. The van der Waals surface area contributed by atoms with E-state index in [0.29, 0.717) is 12.0 Å². The van der Waals surface area contributed by atoms with Gasteiger partial charge in [0.05, 0.1) is 23.5 Å². The first-order chi connectivity index (χ1) is 20.7. The highest BCUT2D eigenvalue weighted by Crippen LogP contribution is 2.65. The van der Waals surface area contributed by atoms with Crippen LogP contribution in [0.25, 0.3) is 0 Å². The smallest absolute Gasteiger partial charge is 0.338 e. The Balaban J connectivity index is 1.72. The van der Waals surface area contributed by atoms with Gasteiger partial charge in [0, 0.05) is 24.2 Å². The van der Waals surface area contributed by atoms with Gasteiger partial charge in [0.25, 0.3) is 6.47 Å². The van der Waals surface area contributed by atoms with Gasteiger partial charge in [-0.15, -0.1) is 0 Å². The molecule has 1 saturated heterocycles. The number of cyclic esters (lactones) is 1. The van der Waals surface area contributed by atoms with Gasteiger partial charge in [-0.05, 0) is 42.0 Å². The van der Waals surface area contributed by atoms with Gasteiger partial charge in [-0.25, -0.2) is 9.59 Å². The molecule has 4 N–H and O–H groups in total. The first-order valence-electron chi connectivity index (χ1n) is 14.6. The zero-order chi connectivity index (χ0) is 32.4. The van der Waals surface area contributed by atoms with Crippen LogP contribution in [0.4, 0.5) is 0 Å². The van der Waals surface area contributed by atoms with Crippen LogP contribution >= 0.6 is 0 Å². The number of Topliss-reactive ketones (excluding diaryl/α,β-unsaturated/α-hetero) is 1. The summed E-state index contributed by atoms with van der Waals surface area (Å²) in [6.07, 6.45) is 1.17. The molecule has 3 fully saturated rings. The van der Waals surface area contributed by atoms with Crippen LogP contribution in [0.2, 0.25) is 0 Å². The minimum atomic E-state index is -2.37. The van der Waals surface area contributed by atoms with Crippen molar-refractivity contribution < 1.29 is 58.2 Å². The fraction of sp³-hybridized carbons (Fsp3) is 0.562. The number of fused-ring (bicyclic) bond motifs is 2. The predicted octanol–water partition coefficient (Wildman–Crippen LogP) is 2.04. The molecule has 238 valence electrons. The van der Waals surface area contributed by atoms with Crippen molar-refractivity contribution in [3.63, 3.8) is 0 Å². The maximum atomic E-state index is 13.9. The van der Waals surface area contributed by atoms with Crippen LogP contribution in [-0.4, -0.2) is 80.7 Å². The third kappa shape index (κ3) is 4.37. The number of esters is 2. The standard InChI is InChI=1S/C32H38O12/c1-6-15(2)25(36)29(38)44-27-26(43-14-33)22(18-7-8-20(34)23-24(18)30(4,39)13-42-28(23)37)16(3)32(40)21(35)11-19(31(27,32)5)17-9-10-41-12-17/h7-10,12,14-15,18-19,22,24-27,34,36,39-40H,3,6,11,13H2,1-2,4-5H3/t15-,18-,19+,22+,24+,25-,26-,27+,30-,31-,32-/m1/s1. The molecule has 2 heterocycles. The van der Waals surface area contributed by atoms with Gasteiger partial charge in [0.2, 0.25) is 0 Å². The van der Waals surface area contributed by atoms with Crippen LogP contribution in [0, 0.1) is 29.1 Å². The fourth-order valence-electron chi connectivity index (χ4n) is 7.86. The van der Waals surface area contributed by atoms with Crippen molar-refractivity contribution in [1.29, 1.82) is 0 Å². The van der Waals surface area contributed by atoms with Crippen molar-refractivity contribution in [3.05, 3.63) is 59.8 Å². The van der Waals surface area contributed by atoms with Crippen LogP contribution in [0.5, 0.6) is 0 Å². The minimum absolute atomic E-state index is 0.0808. The van der Waals surface area contributed by atoms with Crippen LogP contribution in [0.15, 0.2) is 58.6 Å². The minimum Gasteiger partial charge on any atom is -0.507 e. The average molecular weight is 615 g/mol. The summed E-state index contributed by atoms with van der Waals surface area (Å²) in [6.45, 7) is 10.2. The van der Waals surface area contributed by atoms with Gasteiger partial charge in [0.1, 0.15) is 30.2 Å². The van der Waals surface area contributed by atoms with Crippen molar-refractivity contribution in [3.8, 4) is 0 Å². The molecule has 2 saturated carbocycles. The normalized spacial score (nSPS) is 39.7. The maximum Gasteiger partial charge on any atom is 0.338 e. The molecule has 0 bridgehead atoms. The van der Waals surface area contributed by atoms with Gasteiger partial charge in [-0.2, -0.15) is 0 Å². The molecule has 44 heavy (non-hydrogen) atoms. The Hall–Kier alpha value is -3.74. The molecule has 0 aromatic carbocycles. The maximum absolute atomic E-state index is 13.9. The number of allylic oxidation sites excluding steroid dienone is 2. The van der Waals surface area contributed by atoms with Crippen molar-refractivity contribution in [2.45, 2.75) is 76.0 Å². The zero-order valence-electron chi connectivity index (χ0n) is 25.0. The lowest BCUT2D eigenvalue weighted by molar-refractivity contribution is -0.221. The second-order valence-corrected chi connectivity index (χ2v) is 12.8. The molecule has 0 spiro atoms. The molecular formula is C32H38O12. The Morgan fingerprint density at radius 2 is 1.98 bits per heavy atom. The van der Waals surface area contributed by atoms with E-state index >= 15 is 0 Å². The van der Waals surface area contributed by atoms with Gasteiger partial charge in [-0.1, -0.05) is 39.8 Å². The average Bonchev–Trinajstić information content (AvgIpc) is 3.59. The third-order valence-electron chi connectivity index (χ3n) is 10.5. The molecule has 3 aliphatic carbocycles. The van der Waals surface area contributed by atoms with Crippen molar-refractivity contribution in [2.75, 3.05) is 6.61 Å². The van der Waals surface area contributed by atoms with Gasteiger partial charge >= 0.3 is 11.9 Å². The molecule has 0 amide bonds. The quantitative estimate of drug-likeness (QED) is 0.145. The first-order valence-corrected chi connectivity index (χ1v) is 14.6. The predicted molar refractivity (Wildman–Crippen MR) is 150 cm³/mol. The van der Waals surface area contributed by atoms with Gasteiger partial charge in [0.15, 0.2) is 17.5 Å². The number of hydrogen-bond acceptors (Lipinski definition) is 12. The SMILES string of the molecule is C=C1[C@@H]([C@H]2C=CC(O)=C3C(=O)OC[C@@](C)(O)[C@H]32)[C@@H](OC=O)[C@H](OC(=O)[C@H](O)[C@H](C)CC)[C@@]2(C)[C@H](c3ccoc3)CC(=O)[C@]12O. The Bertz CT molecular complexity index is 1420. The lowest BCUT2D eigenvalue weighted by Crippen LogP contribution is -2.69. The summed E-state index contributed by atoms with van der Waals surface area (Å²) in [4.78, 5) is 52.4. The number of aliphatic hydroxyl groups is 4. The van der Waals surface area contributed by atoms with Crippen LogP contribution in [-0.2, 0) is 33.4 Å². The number of carbonyl (C=O) groups is 4. The van der Waals surface area contributed by atoms with Gasteiger partial charge in [-0.3, -0.25) is 9.59 Å². The second kappa shape index (κ2) is 11.0. The molecule has 0 unspecified atom stereocenters. The third-order valence-corrected chi connectivity index (χ3v) is 10.5. The zero-order valence-corrected chi connectivity index (χ0v) is 25.0. The Morgan fingerprint density at radius 3 is 2.59 bits per heavy atom. The van der Waals surface area contributed by atoms with E-state index in [1.807, 2.05) is 0 Å². The van der Waals surface area contributed by atoms with E-state index < -0.39 is 94.6 Å². The van der Waals surface area contributed by atoms with E-state index in [2.05, 4.69) is 6.58 Å². The largest absolute Gasteiger partial charge is 0.507 e. The van der Waals surface area contributed by atoms with Crippen molar-refractivity contribution in [2.24, 2.45) is 29.1 Å². The molecule has 1 aromatic heterocycles. The summed E-state index contributed by atoms with van der Waals surface area (Å²) >= 11 is 0. The summed E-state index contributed by atoms with van der Waals surface area (Å²) in [5.41, 5.74) is -5.61. The van der Waals surface area contributed by atoms with Crippen LogP contribution < -0.4 is 0 Å². The summed E-state index contributed by atoms with van der Waals surface area (Å²) in [5, 5.41) is 45.4. The van der Waals surface area contributed by atoms with Crippen molar-refractivity contribution in [1.82, 2.24) is 0 Å². The molecule has 1 aromatic rings. The summed E-state index contributed by atoms with van der Waals surface area (Å²) in [5.74, 6) is -7.72. The second-order valence-electron chi connectivity index (χ2n) is 12.8. The molecule has 5 rings (SSSR count). The number of hydrogen-bond donors (Lipinski definition) is 4. The lowest BCUT2D eigenvalue weighted by Gasteiger charge is -2.58. The monoisotopic (exact) mass is 614 g/mol. The molecule has 1 aliphatic heterocycles. The number of aliphatic hydroxyl groups excluding tert-OH is 2. The Labute approximate surface area is 254 Å². The highest BCUT2D eigenvalue weighted by molar-refractivity contribution is 5.96.